The quantitative estimate of drug-likeness (QED) is 0.830. The minimum absolute atomic E-state index is 0.113. The van der Waals surface area contributed by atoms with Crippen LogP contribution < -0.4 is 0 Å². The molecule has 1 aliphatic rings. The number of carbonyl (C=O) groups is 1. The molecule has 3 atom stereocenters. The molecule has 0 bridgehead atoms. The van der Waals surface area contributed by atoms with Gasteiger partial charge in [-0.3, -0.25) is 9.25 Å². The number of hydrogen-bond acceptors (Lipinski definition) is 5. The predicted octanol–water partition coefficient (Wildman–Crippen LogP) is 2.34. The van der Waals surface area contributed by atoms with Crippen LogP contribution in [0.15, 0.2) is 12.4 Å². The van der Waals surface area contributed by atoms with Gasteiger partial charge in [0, 0.05) is 32.3 Å². The molecule has 1 aromatic heterocycles. The van der Waals surface area contributed by atoms with E-state index in [0.29, 0.717) is 6.54 Å². The van der Waals surface area contributed by atoms with Crippen molar-refractivity contribution in [1.29, 1.82) is 0 Å². The summed E-state index contributed by atoms with van der Waals surface area (Å²) in [6.45, 7) is 7.57. The molecule has 1 N–H and O–H groups in total. The number of nitrogens with zero attached hydrogens (tertiary/aromatic N) is 3. The van der Waals surface area contributed by atoms with Crippen molar-refractivity contribution in [2.24, 2.45) is 7.05 Å². The van der Waals surface area contributed by atoms with Crippen molar-refractivity contribution in [2.45, 2.75) is 44.9 Å². The minimum atomic E-state index is -3.87. The molecule has 24 heavy (non-hydrogen) atoms. The number of hydrogen-bond donors (Lipinski definition) is 1. The highest BCUT2D eigenvalue weighted by Crippen LogP contribution is 2.55. The summed E-state index contributed by atoms with van der Waals surface area (Å²) in [5.41, 5.74) is -0.515. The molecule has 1 amide bonds. The van der Waals surface area contributed by atoms with Crippen LogP contribution in [0.4, 0.5) is 4.79 Å². The van der Waals surface area contributed by atoms with Crippen molar-refractivity contribution in [3.05, 3.63) is 18.0 Å². The summed E-state index contributed by atoms with van der Waals surface area (Å²) in [4.78, 5) is 24.1. The highest BCUT2D eigenvalue weighted by Gasteiger charge is 2.48. The fourth-order valence-electron chi connectivity index (χ4n) is 2.83. The van der Waals surface area contributed by atoms with Gasteiger partial charge in [-0.1, -0.05) is 0 Å². The second-order valence-corrected chi connectivity index (χ2v) is 9.04. The summed E-state index contributed by atoms with van der Waals surface area (Å²) in [7, 11) is -2.09. The number of carbonyl (C=O) groups excluding carboxylic acids is 1. The van der Waals surface area contributed by atoms with Gasteiger partial charge >= 0.3 is 13.7 Å². The monoisotopic (exact) mass is 359 g/mol. The number of rotatable bonds is 4. The Bertz CT molecular complexity index is 639. The zero-order valence-corrected chi connectivity index (χ0v) is 15.7. The molecule has 1 saturated heterocycles. The van der Waals surface area contributed by atoms with Crippen LogP contribution in [-0.4, -0.2) is 56.6 Å². The lowest BCUT2D eigenvalue weighted by atomic mass is 10.0. The van der Waals surface area contributed by atoms with Crippen LogP contribution >= 0.6 is 7.60 Å². The van der Waals surface area contributed by atoms with Gasteiger partial charge in [-0.25, -0.2) is 4.79 Å². The topological polar surface area (TPSA) is 93.9 Å². The second kappa shape index (κ2) is 6.86. The zero-order chi connectivity index (χ0) is 18.1. The molecule has 8 nitrogen and oxygen atoms in total. The van der Waals surface area contributed by atoms with Crippen LogP contribution in [-0.2, 0) is 20.9 Å². The number of aryl methyl sites for hydroxylation is 1. The molecule has 2 heterocycles. The van der Waals surface area contributed by atoms with E-state index in [0.717, 1.165) is 5.56 Å². The molecule has 136 valence electrons. The molecule has 9 heteroatoms. The highest BCUT2D eigenvalue weighted by molar-refractivity contribution is 7.53. The third kappa shape index (κ3) is 4.37. The van der Waals surface area contributed by atoms with Gasteiger partial charge in [0.15, 0.2) is 0 Å². The van der Waals surface area contributed by atoms with Crippen LogP contribution in [0.1, 0.15) is 39.2 Å². The number of likely N-dealkylation sites (tertiary alicyclic amines) is 1. The molecule has 0 spiro atoms. The Kier molecular flexibility index (Phi) is 5.42. The molecule has 1 fully saturated rings. The Morgan fingerprint density at radius 1 is 1.46 bits per heavy atom. The molecule has 0 aromatic carbocycles. The molecule has 1 aliphatic heterocycles. The molecule has 0 radical (unpaired) electrons. The minimum Gasteiger partial charge on any atom is -0.444 e. The van der Waals surface area contributed by atoms with Crippen LogP contribution in [0.3, 0.4) is 0 Å². The van der Waals surface area contributed by atoms with Crippen LogP contribution in [0, 0.1) is 0 Å². The van der Waals surface area contributed by atoms with Gasteiger partial charge in [-0.05, 0) is 33.3 Å². The van der Waals surface area contributed by atoms with Crippen LogP contribution in [0.25, 0.3) is 0 Å². The number of ether oxygens (including phenoxy) is 1. The van der Waals surface area contributed by atoms with Crippen molar-refractivity contribution in [2.75, 3.05) is 19.7 Å². The van der Waals surface area contributed by atoms with Gasteiger partial charge in [0.1, 0.15) is 5.60 Å². The summed E-state index contributed by atoms with van der Waals surface area (Å²) in [5.74, 6) is -0.325. The van der Waals surface area contributed by atoms with Crippen molar-refractivity contribution in [1.82, 2.24) is 14.7 Å². The SMILES string of the molecule is CCOP(=O)(O)C1CN(C(=O)OC(C)(C)C)CC1c1cnn(C)c1. The lowest BCUT2D eigenvalue weighted by Crippen LogP contribution is -2.35. The van der Waals surface area contributed by atoms with E-state index in [1.165, 1.54) is 4.90 Å². The first-order valence-corrected chi connectivity index (χ1v) is 9.61. The van der Waals surface area contributed by atoms with E-state index in [9.17, 15) is 14.3 Å². The van der Waals surface area contributed by atoms with Crippen LogP contribution in [0.2, 0.25) is 0 Å². The Balaban J connectivity index is 2.26. The van der Waals surface area contributed by atoms with Crippen LogP contribution in [0.5, 0.6) is 0 Å². The number of aromatic nitrogens is 2. The fourth-order valence-corrected chi connectivity index (χ4v) is 4.52. The van der Waals surface area contributed by atoms with Gasteiger partial charge in [0.05, 0.1) is 18.5 Å². The molecule has 0 aliphatic carbocycles. The van der Waals surface area contributed by atoms with E-state index in [2.05, 4.69) is 5.10 Å². The molecular weight excluding hydrogens is 333 g/mol. The van der Waals surface area contributed by atoms with Gasteiger partial charge < -0.3 is 19.1 Å². The Hall–Kier alpha value is -1.37. The summed E-state index contributed by atoms with van der Waals surface area (Å²) in [6.07, 6.45) is 2.96. The first-order chi connectivity index (χ1) is 11.0. The Morgan fingerprint density at radius 3 is 2.62 bits per heavy atom. The van der Waals surface area contributed by atoms with Gasteiger partial charge in [-0.15, -0.1) is 0 Å². The first kappa shape index (κ1) is 19.0. The molecule has 3 unspecified atom stereocenters. The second-order valence-electron chi connectivity index (χ2n) is 6.99. The van der Waals surface area contributed by atoms with Gasteiger partial charge in [0.25, 0.3) is 0 Å². The van der Waals surface area contributed by atoms with E-state index in [1.54, 1.807) is 51.8 Å². The fraction of sp³-hybridized carbons (Fsp3) is 0.733. The largest absolute Gasteiger partial charge is 0.444 e. The van der Waals surface area contributed by atoms with Crippen molar-refractivity contribution >= 4 is 13.7 Å². The van der Waals surface area contributed by atoms with E-state index >= 15 is 0 Å². The molecule has 1 aromatic rings. The lowest BCUT2D eigenvalue weighted by molar-refractivity contribution is 0.0292. The Morgan fingerprint density at radius 2 is 2.12 bits per heavy atom. The maximum absolute atomic E-state index is 12.6. The first-order valence-electron chi connectivity index (χ1n) is 7.97. The van der Waals surface area contributed by atoms with Gasteiger partial charge in [-0.2, -0.15) is 5.10 Å². The van der Waals surface area contributed by atoms with E-state index < -0.39 is 24.9 Å². The number of amides is 1. The summed E-state index contributed by atoms with van der Waals surface area (Å²) < 4.78 is 24.7. The summed E-state index contributed by atoms with van der Waals surface area (Å²) in [6, 6.07) is 0. The molecule has 0 saturated carbocycles. The maximum atomic E-state index is 12.6. The van der Waals surface area contributed by atoms with Crippen molar-refractivity contribution < 1.29 is 23.5 Å². The maximum Gasteiger partial charge on any atom is 0.410 e. The van der Waals surface area contributed by atoms with E-state index in [4.69, 9.17) is 9.26 Å². The van der Waals surface area contributed by atoms with E-state index in [-0.39, 0.29) is 19.1 Å². The summed E-state index contributed by atoms with van der Waals surface area (Å²) >= 11 is 0. The lowest BCUT2D eigenvalue weighted by Gasteiger charge is -2.24. The third-order valence-corrected chi connectivity index (χ3v) is 5.82. The normalized spacial score (nSPS) is 24.0. The average molecular weight is 359 g/mol. The standard InChI is InChI=1S/C15H26N3O5P/c1-6-22-24(20,21)13-10-18(14(19)23-15(2,3)4)9-12(13)11-7-16-17(5)8-11/h7-8,12-13H,6,9-10H2,1-5H3,(H,20,21). The van der Waals surface area contributed by atoms with E-state index in [1.807, 2.05) is 0 Å². The van der Waals surface area contributed by atoms with Crippen molar-refractivity contribution in [3.8, 4) is 0 Å². The third-order valence-electron chi connectivity index (χ3n) is 3.83. The Labute approximate surface area is 142 Å². The molecule has 2 rings (SSSR count). The zero-order valence-electron chi connectivity index (χ0n) is 14.8. The summed E-state index contributed by atoms with van der Waals surface area (Å²) in [5, 5.41) is 4.12. The average Bonchev–Trinajstić information content (AvgIpc) is 3.02. The highest BCUT2D eigenvalue weighted by atomic mass is 31.2. The molecular formula is C15H26N3O5P. The van der Waals surface area contributed by atoms with Gasteiger partial charge in [0.2, 0.25) is 0 Å². The smallest absolute Gasteiger partial charge is 0.410 e. The van der Waals surface area contributed by atoms with Crippen molar-refractivity contribution in [3.63, 3.8) is 0 Å². The predicted molar refractivity (Wildman–Crippen MR) is 89.0 cm³/mol.